The summed E-state index contributed by atoms with van der Waals surface area (Å²) in [5.74, 6) is 0.281. The van der Waals surface area contributed by atoms with Crippen LogP contribution in [0.4, 0.5) is 5.69 Å². The van der Waals surface area contributed by atoms with E-state index in [1.807, 2.05) is 42.5 Å². The lowest BCUT2D eigenvalue weighted by Gasteiger charge is -2.19. The highest BCUT2D eigenvalue weighted by molar-refractivity contribution is 5.93. The lowest BCUT2D eigenvalue weighted by Crippen LogP contribution is -2.23. The summed E-state index contributed by atoms with van der Waals surface area (Å²) in [6.07, 6.45) is 0.210. The number of carbonyl (C=O) groups is 2. The van der Waals surface area contributed by atoms with Gasteiger partial charge in [0.05, 0.1) is 6.42 Å². The Morgan fingerprint density at radius 2 is 1.73 bits per heavy atom. The predicted molar refractivity (Wildman–Crippen MR) is 103 cm³/mol. The summed E-state index contributed by atoms with van der Waals surface area (Å²) in [5, 5.41) is 5.39. The van der Waals surface area contributed by atoms with Crippen molar-refractivity contribution in [2.45, 2.75) is 32.6 Å². The van der Waals surface area contributed by atoms with Gasteiger partial charge in [-0.2, -0.15) is 0 Å². The SMILES string of the molecule is CNC(=O)Cc1ccccc1NC(=O)COc1cccc(C(C)(C)C)c1. The van der Waals surface area contributed by atoms with E-state index in [9.17, 15) is 9.59 Å². The number of hydrogen-bond acceptors (Lipinski definition) is 3. The van der Waals surface area contributed by atoms with Crippen molar-refractivity contribution >= 4 is 17.5 Å². The number of ether oxygens (including phenoxy) is 1. The number of benzene rings is 2. The van der Waals surface area contributed by atoms with Crippen molar-refractivity contribution in [3.8, 4) is 5.75 Å². The van der Waals surface area contributed by atoms with Crippen molar-refractivity contribution < 1.29 is 14.3 Å². The van der Waals surface area contributed by atoms with Gasteiger partial charge in [-0.15, -0.1) is 0 Å². The number of likely N-dealkylation sites (N-methyl/N-ethyl adjacent to an activating group) is 1. The summed E-state index contributed by atoms with van der Waals surface area (Å²) in [4.78, 5) is 23.8. The van der Waals surface area contributed by atoms with Gasteiger partial charge in [0.15, 0.2) is 6.61 Å². The van der Waals surface area contributed by atoms with Gasteiger partial charge >= 0.3 is 0 Å². The van der Waals surface area contributed by atoms with Crippen LogP contribution in [0.5, 0.6) is 5.75 Å². The highest BCUT2D eigenvalue weighted by Crippen LogP contribution is 2.25. The molecule has 2 rings (SSSR count). The maximum atomic E-state index is 12.2. The highest BCUT2D eigenvalue weighted by atomic mass is 16.5. The molecule has 0 atom stereocenters. The second-order valence-electron chi connectivity index (χ2n) is 7.12. The lowest BCUT2D eigenvalue weighted by molar-refractivity contribution is -0.120. The lowest BCUT2D eigenvalue weighted by atomic mass is 9.87. The monoisotopic (exact) mass is 354 g/mol. The quantitative estimate of drug-likeness (QED) is 0.836. The summed E-state index contributed by atoms with van der Waals surface area (Å²) >= 11 is 0. The molecule has 0 aliphatic carbocycles. The predicted octanol–water partition coefficient (Wildman–Crippen LogP) is 3.29. The van der Waals surface area contributed by atoms with E-state index >= 15 is 0 Å². The van der Waals surface area contributed by atoms with E-state index in [0.29, 0.717) is 11.4 Å². The Morgan fingerprint density at radius 3 is 2.42 bits per heavy atom. The first-order valence-corrected chi connectivity index (χ1v) is 8.61. The van der Waals surface area contributed by atoms with Crippen molar-refractivity contribution in [2.24, 2.45) is 0 Å². The normalized spacial score (nSPS) is 10.9. The van der Waals surface area contributed by atoms with Crippen molar-refractivity contribution in [3.63, 3.8) is 0 Å². The third-order valence-electron chi connectivity index (χ3n) is 3.99. The minimum atomic E-state index is -0.268. The average Bonchev–Trinajstić information content (AvgIpc) is 2.61. The standard InChI is InChI=1S/C21H26N2O3/c1-21(2,3)16-9-7-10-17(13-16)26-14-20(25)23-18-11-6-5-8-15(18)12-19(24)22-4/h5-11,13H,12,14H2,1-4H3,(H,22,24)(H,23,25). The van der Waals surface area contributed by atoms with E-state index in [2.05, 4.69) is 31.4 Å². The first kappa shape index (κ1) is 19.5. The van der Waals surface area contributed by atoms with Crippen LogP contribution in [0.1, 0.15) is 31.9 Å². The Bertz CT molecular complexity index is 779. The van der Waals surface area contributed by atoms with Gasteiger partial charge in [-0.3, -0.25) is 9.59 Å². The van der Waals surface area contributed by atoms with Gasteiger partial charge in [0.1, 0.15) is 5.75 Å². The summed E-state index contributed by atoms with van der Waals surface area (Å²) in [7, 11) is 1.59. The Hall–Kier alpha value is -2.82. The van der Waals surface area contributed by atoms with Crippen LogP contribution in [0.25, 0.3) is 0 Å². The minimum absolute atomic E-state index is 0.0143. The molecule has 2 aromatic rings. The summed E-state index contributed by atoms with van der Waals surface area (Å²) in [5.41, 5.74) is 2.54. The fourth-order valence-corrected chi connectivity index (χ4v) is 2.45. The van der Waals surface area contributed by atoms with E-state index in [-0.39, 0.29) is 30.3 Å². The van der Waals surface area contributed by atoms with Crippen molar-refractivity contribution in [1.29, 1.82) is 0 Å². The zero-order valence-corrected chi connectivity index (χ0v) is 15.8. The molecular weight excluding hydrogens is 328 g/mol. The van der Waals surface area contributed by atoms with Gasteiger partial charge in [0, 0.05) is 12.7 Å². The van der Waals surface area contributed by atoms with Crippen LogP contribution in [0, 0.1) is 0 Å². The van der Waals surface area contributed by atoms with Crippen molar-refractivity contribution in [2.75, 3.05) is 19.0 Å². The molecule has 0 bridgehead atoms. The largest absolute Gasteiger partial charge is 0.484 e. The van der Waals surface area contributed by atoms with Gasteiger partial charge in [0.25, 0.3) is 5.91 Å². The number of carbonyl (C=O) groups excluding carboxylic acids is 2. The number of anilines is 1. The zero-order chi connectivity index (χ0) is 19.2. The second-order valence-corrected chi connectivity index (χ2v) is 7.12. The van der Waals surface area contributed by atoms with Crippen molar-refractivity contribution in [1.82, 2.24) is 5.32 Å². The molecule has 0 aliphatic heterocycles. The fraction of sp³-hybridized carbons (Fsp3) is 0.333. The maximum absolute atomic E-state index is 12.2. The zero-order valence-electron chi connectivity index (χ0n) is 15.8. The number of rotatable bonds is 6. The molecule has 2 N–H and O–H groups in total. The maximum Gasteiger partial charge on any atom is 0.262 e. The van der Waals surface area contributed by atoms with Crippen LogP contribution in [-0.4, -0.2) is 25.5 Å². The molecule has 0 radical (unpaired) electrons. The van der Waals surface area contributed by atoms with Gasteiger partial charge in [0.2, 0.25) is 5.91 Å². The van der Waals surface area contributed by atoms with E-state index in [1.165, 1.54) is 0 Å². The van der Waals surface area contributed by atoms with Gasteiger partial charge in [-0.25, -0.2) is 0 Å². The first-order valence-electron chi connectivity index (χ1n) is 8.61. The van der Waals surface area contributed by atoms with E-state index < -0.39 is 0 Å². The first-order chi connectivity index (χ1) is 12.3. The molecule has 0 unspecified atom stereocenters. The van der Waals surface area contributed by atoms with Crippen molar-refractivity contribution in [3.05, 3.63) is 59.7 Å². The topological polar surface area (TPSA) is 67.4 Å². The fourth-order valence-electron chi connectivity index (χ4n) is 2.45. The van der Waals surface area contributed by atoms with E-state index in [1.54, 1.807) is 13.1 Å². The van der Waals surface area contributed by atoms with Crippen LogP contribution in [0.2, 0.25) is 0 Å². The summed E-state index contributed by atoms with van der Waals surface area (Å²) in [6, 6.07) is 15.0. The molecule has 0 spiro atoms. The molecule has 5 heteroatoms. The summed E-state index contributed by atoms with van der Waals surface area (Å²) < 4.78 is 5.63. The van der Waals surface area contributed by atoms with Crippen LogP contribution in [-0.2, 0) is 21.4 Å². The Morgan fingerprint density at radius 1 is 1.00 bits per heavy atom. The Labute approximate surface area is 154 Å². The molecule has 2 amide bonds. The number of hydrogen-bond donors (Lipinski definition) is 2. The molecule has 2 aromatic carbocycles. The molecule has 0 aromatic heterocycles. The molecule has 138 valence electrons. The van der Waals surface area contributed by atoms with Gasteiger partial charge in [-0.05, 0) is 34.7 Å². The highest BCUT2D eigenvalue weighted by Gasteiger charge is 2.14. The van der Waals surface area contributed by atoms with Crippen LogP contribution in [0.15, 0.2) is 48.5 Å². The van der Waals surface area contributed by atoms with E-state index in [4.69, 9.17) is 4.74 Å². The molecule has 26 heavy (non-hydrogen) atoms. The Balaban J connectivity index is 1.99. The molecule has 0 saturated carbocycles. The number of para-hydroxylation sites is 1. The minimum Gasteiger partial charge on any atom is -0.484 e. The molecule has 0 saturated heterocycles. The molecule has 5 nitrogen and oxygen atoms in total. The Kier molecular flexibility index (Phi) is 6.39. The molecule has 0 fully saturated rings. The summed E-state index contributed by atoms with van der Waals surface area (Å²) in [6.45, 7) is 6.29. The molecular formula is C21H26N2O3. The average molecular weight is 354 g/mol. The van der Waals surface area contributed by atoms with E-state index in [0.717, 1.165) is 11.1 Å². The van der Waals surface area contributed by atoms with Crippen LogP contribution in [0.3, 0.4) is 0 Å². The molecule has 0 aliphatic rings. The smallest absolute Gasteiger partial charge is 0.262 e. The third kappa shape index (κ3) is 5.62. The van der Waals surface area contributed by atoms with Crippen LogP contribution >= 0.6 is 0 Å². The number of amides is 2. The van der Waals surface area contributed by atoms with Gasteiger partial charge < -0.3 is 15.4 Å². The second kappa shape index (κ2) is 8.52. The van der Waals surface area contributed by atoms with Crippen LogP contribution < -0.4 is 15.4 Å². The number of nitrogens with one attached hydrogen (secondary N) is 2. The molecule has 0 heterocycles. The van der Waals surface area contributed by atoms with Gasteiger partial charge in [-0.1, -0.05) is 51.1 Å². The third-order valence-corrected chi connectivity index (χ3v) is 3.99.